The molecule has 0 aromatic heterocycles. The third-order valence-electron chi connectivity index (χ3n) is 5.72. The molecule has 9 heteroatoms. The van der Waals surface area contributed by atoms with Crippen LogP contribution < -0.4 is 25.1 Å². The Hall–Kier alpha value is -4.30. The van der Waals surface area contributed by atoms with Gasteiger partial charge < -0.3 is 19.7 Å². The van der Waals surface area contributed by atoms with E-state index in [-0.39, 0.29) is 12.5 Å². The Morgan fingerprint density at radius 3 is 2.35 bits per heavy atom. The van der Waals surface area contributed by atoms with E-state index in [9.17, 15) is 9.59 Å². The van der Waals surface area contributed by atoms with E-state index >= 15 is 0 Å². The largest absolute Gasteiger partial charge is 0.454 e. The van der Waals surface area contributed by atoms with Crippen molar-refractivity contribution in [1.29, 1.82) is 0 Å². The van der Waals surface area contributed by atoms with E-state index in [1.807, 2.05) is 30.3 Å². The van der Waals surface area contributed by atoms with Gasteiger partial charge in [0, 0.05) is 36.0 Å². The fraction of sp³-hybridized carbons (Fsp3) is 0.179. The topological polar surface area (TPSA) is 92.3 Å². The van der Waals surface area contributed by atoms with Gasteiger partial charge >= 0.3 is 0 Å². The highest BCUT2D eigenvalue weighted by Crippen LogP contribution is 2.36. The molecule has 0 bridgehead atoms. The Morgan fingerprint density at radius 1 is 1.00 bits per heavy atom. The van der Waals surface area contributed by atoms with Gasteiger partial charge in [-0.2, -0.15) is 5.10 Å². The highest BCUT2D eigenvalue weighted by molar-refractivity contribution is 6.33. The molecule has 0 spiro atoms. The van der Waals surface area contributed by atoms with Crippen LogP contribution in [0.3, 0.4) is 0 Å². The molecule has 0 unspecified atom stereocenters. The number of hydrogen-bond donors (Lipinski definition) is 2. The standard InChI is InChI=1S/C28H27ClN4O4/c1-3-33(4-2)22-12-10-19(11-13-22)14-24(31-27(34)20-8-6-5-7-9-20)28(35)32-30-17-21-15-25-26(16-23(21)29)37-18-36-25/h5-17H,3-4,18H2,1-2H3,(H,31,34)(H,32,35). The van der Waals surface area contributed by atoms with Crippen molar-refractivity contribution in [1.82, 2.24) is 10.7 Å². The second-order valence-electron chi connectivity index (χ2n) is 8.07. The summed E-state index contributed by atoms with van der Waals surface area (Å²) in [5, 5.41) is 7.12. The van der Waals surface area contributed by atoms with Crippen LogP contribution in [0.25, 0.3) is 6.08 Å². The first-order valence-corrected chi connectivity index (χ1v) is 12.2. The fourth-order valence-corrected chi connectivity index (χ4v) is 3.93. The minimum absolute atomic E-state index is 0.0402. The van der Waals surface area contributed by atoms with E-state index in [0.29, 0.717) is 27.6 Å². The number of amides is 2. The molecule has 1 aliphatic heterocycles. The van der Waals surface area contributed by atoms with Gasteiger partial charge in [-0.1, -0.05) is 41.9 Å². The van der Waals surface area contributed by atoms with Crippen LogP contribution in [-0.4, -0.2) is 37.9 Å². The first-order valence-electron chi connectivity index (χ1n) is 11.8. The highest BCUT2D eigenvalue weighted by Gasteiger charge is 2.17. The molecule has 4 rings (SSSR count). The van der Waals surface area contributed by atoms with Gasteiger partial charge in [-0.15, -0.1) is 0 Å². The van der Waals surface area contributed by atoms with Crippen LogP contribution >= 0.6 is 11.6 Å². The number of nitrogens with zero attached hydrogens (tertiary/aromatic N) is 2. The first kappa shape index (κ1) is 25.8. The number of hydrogen-bond acceptors (Lipinski definition) is 6. The molecule has 1 aliphatic rings. The monoisotopic (exact) mass is 518 g/mol. The Kier molecular flexibility index (Phi) is 8.43. The molecule has 3 aromatic rings. The zero-order chi connectivity index (χ0) is 26.2. The van der Waals surface area contributed by atoms with Crippen molar-refractivity contribution < 1.29 is 19.1 Å². The summed E-state index contributed by atoms with van der Waals surface area (Å²) in [6.07, 6.45) is 3.00. The SMILES string of the molecule is CCN(CC)c1ccc(C=C(NC(=O)c2ccccc2)C(=O)NN=Cc2cc3c(cc2Cl)OCO3)cc1. The zero-order valence-electron chi connectivity index (χ0n) is 20.5. The molecule has 8 nitrogen and oxygen atoms in total. The quantitative estimate of drug-likeness (QED) is 0.240. The molecule has 0 saturated carbocycles. The molecule has 0 aliphatic carbocycles. The number of hydrazone groups is 1. The van der Waals surface area contributed by atoms with Crippen molar-refractivity contribution in [2.45, 2.75) is 13.8 Å². The summed E-state index contributed by atoms with van der Waals surface area (Å²) in [6, 6.07) is 19.7. The maximum Gasteiger partial charge on any atom is 0.287 e. The summed E-state index contributed by atoms with van der Waals surface area (Å²) in [6.45, 7) is 6.08. The summed E-state index contributed by atoms with van der Waals surface area (Å²) in [5.41, 5.74) is 5.29. The molecule has 3 aromatic carbocycles. The van der Waals surface area contributed by atoms with Crippen molar-refractivity contribution in [2.75, 3.05) is 24.8 Å². The minimum Gasteiger partial charge on any atom is -0.454 e. The molecular formula is C28H27ClN4O4. The average Bonchev–Trinajstić information content (AvgIpc) is 3.37. The van der Waals surface area contributed by atoms with Crippen molar-refractivity contribution in [3.8, 4) is 11.5 Å². The number of anilines is 1. The lowest BCUT2D eigenvalue weighted by Gasteiger charge is -2.20. The van der Waals surface area contributed by atoms with Gasteiger partial charge in [0.05, 0.1) is 11.2 Å². The van der Waals surface area contributed by atoms with Gasteiger partial charge in [-0.25, -0.2) is 5.43 Å². The fourth-order valence-electron chi connectivity index (χ4n) is 3.73. The molecule has 1 heterocycles. The van der Waals surface area contributed by atoms with E-state index < -0.39 is 11.8 Å². The van der Waals surface area contributed by atoms with E-state index in [1.54, 1.807) is 42.5 Å². The summed E-state index contributed by atoms with van der Waals surface area (Å²) < 4.78 is 10.7. The second-order valence-corrected chi connectivity index (χ2v) is 8.48. The zero-order valence-corrected chi connectivity index (χ0v) is 21.3. The molecule has 0 saturated heterocycles. The molecule has 0 atom stereocenters. The van der Waals surface area contributed by atoms with Gasteiger partial charge in [-0.3, -0.25) is 9.59 Å². The second kappa shape index (κ2) is 12.1. The predicted molar refractivity (Wildman–Crippen MR) is 145 cm³/mol. The van der Waals surface area contributed by atoms with Gasteiger partial charge in [0.2, 0.25) is 6.79 Å². The molecule has 0 fully saturated rings. The normalized spacial score (nSPS) is 12.5. The molecule has 2 amide bonds. The Morgan fingerprint density at radius 2 is 1.68 bits per heavy atom. The lowest BCUT2D eigenvalue weighted by Crippen LogP contribution is -2.32. The molecule has 2 N–H and O–H groups in total. The number of carbonyl (C=O) groups excluding carboxylic acids is 2. The maximum atomic E-state index is 13.1. The van der Waals surface area contributed by atoms with Gasteiger partial charge in [-0.05, 0) is 55.8 Å². The number of ether oxygens (including phenoxy) is 2. The molecular weight excluding hydrogens is 492 g/mol. The Labute approximate surface area is 220 Å². The van der Waals surface area contributed by atoms with Crippen LogP contribution in [0.4, 0.5) is 5.69 Å². The van der Waals surface area contributed by atoms with E-state index in [1.165, 1.54) is 6.21 Å². The number of carbonyl (C=O) groups is 2. The van der Waals surface area contributed by atoms with Crippen LogP contribution in [0.2, 0.25) is 5.02 Å². The molecule has 190 valence electrons. The lowest BCUT2D eigenvalue weighted by molar-refractivity contribution is -0.117. The van der Waals surface area contributed by atoms with Crippen molar-refractivity contribution in [3.05, 3.63) is 94.1 Å². The van der Waals surface area contributed by atoms with Gasteiger partial charge in [0.25, 0.3) is 11.8 Å². The van der Waals surface area contributed by atoms with Gasteiger partial charge in [0.1, 0.15) is 5.70 Å². The molecule has 37 heavy (non-hydrogen) atoms. The minimum atomic E-state index is -0.592. The smallest absolute Gasteiger partial charge is 0.287 e. The van der Waals surface area contributed by atoms with Crippen LogP contribution in [0.15, 0.2) is 77.5 Å². The number of rotatable bonds is 9. The van der Waals surface area contributed by atoms with E-state index in [4.69, 9.17) is 21.1 Å². The Bertz CT molecular complexity index is 1320. The summed E-state index contributed by atoms with van der Waals surface area (Å²) in [7, 11) is 0. The number of halogens is 1. The van der Waals surface area contributed by atoms with Crippen LogP contribution in [0.5, 0.6) is 11.5 Å². The van der Waals surface area contributed by atoms with E-state index in [2.05, 4.69) is 34.6 Å². The summed E-state index contributed by atoms with van der Waals surface area (Å²) in [4.78, 5) is 28.1. The summed E-state index contributed by atoms with van der Waals surface area (Å²) >= 11 is 6.27. The number of benzene rings is 3. The predicted octanol–water partition coefficient (Wildman–Crippen LogP) is 4.84. The van der Waals surface area contributed by atoms with Crippen LogP contribution in [-0.2, 0) is 4.79 Å². The van der Waals surface area contributed by atoms with Crippen molar-refractivity contribution in [3.63, 3.8) is 0 Å². The first-order chi connectivity index (χ1) is 18.0. The molecule has 0 radical (unpaired) electrons. The Balaban J connectivity index is 1.54. The average molecular weight is 519 g/mol. The van der Waals surface area contributed by atoms with Crippen molar-refractivity contribution >= 4 is 41.4 Å². The highest BCUT2D eigenvalue weighted by atomic mass is 35.5. The van der Waals surface area contributed by atoms with Crippen molar-refractivity contribution in [2.24, 2.45) is 5.10 Å². The van der Waals surface area contributed by atoms with Crippen LogP contribution in [0, 0.1) is 0 Å². The summed E-state index contributed by atoms with van der Waals surface area (Å²) in [5.74, 6) is 0.0860. The van der Waals surface area contributed by atoms with E-state index in [0.717, 1.165) is 24.3 Å². The van der Waals surface area contributed by atoms with Crippen LogP contribution in [0.1, 0.15) is 35.3 Å². The number of fused-ring (bicyclic) bond motifs is 1. The third kappa shape index (κ3) is 6.48. The number of nitrogens with one attached hydrogen (secondary N) is 2. The third-order valence-corrected chi connectivity index (χ3v) is 6.05. The maximum absolute atomic E-state index is 13.1. The van der Waals surface area contributed by atoms with Gasteiger partial charge in [0.15, 0.2) is 11.5 Å². The lowest BCUT2D eigenvalue weighted by atomic mass is 10.1.